The Morgan fingerprint density at radius 2 is 2.16 bits per heavy atom. The number of imidazole rings is 1. The van der Waals surface area contributed by atoms with Crippen LogP contribution >= 0.6 is 0 Å². The molecule has 1 aliphatic rings. The van der Waals surface area contributed by atoms with Crippen molar-refractivity contribution in [3.63, 3.8) is 0 Å². The first-order valence-corrected chi connectivity index (χ1v) is 8.70. The Morgan fingerprint density at radius 3 is 2.88 bits per heavy atom. The second-order valence-electron chi connectivity index (χ2n) is 6.62. The van der Waals surface area contributed by atoms with Crippen molar-refractivity contribution in [3.05, 3.63) is 54.1 Å². The minimum atomic E-state index is -0.0474. The summed E-state index contributed by atoms with van der Waals surface area (Å²) in [6.07, 6.45) is 4.00. The van der Waals surface area contributed by atoms with E-state index in [4.69, 9.17) is 4.74 Å². The SMILES string of the molecule is CN(Cc1nccn1C)C(=O)C[C@@H]1CN(Cc2ccccc2)CCO1. The van der Waals surface area contributed by atoms with Gasteiger partial charge >= 0.3 is 0 Å². The molecule has 3 rings (SSSR count). The molecule has 0 aliphatic carbocycles. The zero-order valence-corrected chi connectivity index (χ0v) is 15.0. The number of carbonyl (C=O) groups excluding carboxylic acids is 1. The molecule has 1 aliphatic heterocycles. The first-order chi connectivity index (χ1) is 12.1. The van der Waals surface area contributed by atoms with E-state index < -0.39 is 0 Å². The summed E-state index contributed by atoms with van der Waals surface area (Å²) >= 11 is 0. The average molecular weight is 342 g/mol. The van der Waals surface area contributed by atoms with Crippen molar-refractivity contribution >= 4 is 5.91 Å². The topological polar surface area (TPSA) is 50.6 Å². The molecule has 0 spiro atoms. The third kappa shape index (κ3) is 4.90. The first-order valence-electron chi connectivity index (χ1n) is 8.70. The number of hydrogen-bond acceptors (Lipinski definition) is 4. The van der Waals surface area contributed by atoms with Gasteiger partial charge in [-0.1, -0.05) is 30.3 Å². The van der Waals surface area contributed by atoms with Gasteiger partial charge in [-0.3, -0.25) is 9.69 Å². The summed E-state index contributed by atoms with van der Waals surface area (Å²) in [5.74, 6) is 0.973. The van der Waals surface area contributed by atoms with Crippen LogP contribution in [-0.2, 0) is 29.7 Å². The van der Waals surface area contributed by atoms with Crippen LogP contribution in [-0.4, -0.2) is 58.1 Å². The van der Waals surface area contributed by atoms with E-state index in [1.807, 2.05) is 30.9 Å². The van der Waals surface area contributed by atoms with Crippen molar-refractivity contribution in [1.29, 1.82) is 0 Å². The van der Waals surface area contributed by atoms with Crippen molar-refractivity contribution in [1.82, 2.24) is 19.4 Å². The van der Waals surface area contributed by atoms with E-state index in [1.54, 1.807) is 11.1 Å². The van der Waals surface area contributed by atoms with Gasteiger partial charge in [0.2, 0.25) is 5.91 Å². The Morgan fingerprint density at radius 1 is 1.36 bits per heavy atom. The number of nitrogens with zero attached hydrogens (tertiary/aromatic N) is 4. The zero-order valence-electron chi connectivity index (χ0n) is 15.0. The Bertz CT molecular complexity index is 686. The van der Waals surface area contributed by atoms with Crippen molar-refractivity contribution < 1.29 is 9.53 Å². The molecule has 0 N–H and O–H groups in total. The average Bonchev–Trinajstić information content (AvgIpc) is 3.01. The lowest BCUT2D eigenvalue weighted by atomic mass is 10.1. The van der Waals surface area contributed by atoms with Gasteiger partial charge in [0, 0.05) is 46.1 Å². The van der Waals surface area contributed by atoms with Gasteiger partial charge in [0.05, 0.1) is 25.7 Å². The standard InChI is InChI=1S/C19H26N4O2/c1-21-9-8-20-18(21)15-22(2)19(24)12-17-14-23(10-11-25-17)13-16-6-4-3-5-7-16/h3-9,17H,10-15H2,1-2H3/t17-/m1/s1. The quantitative estimate of drug-likeness (QED) is 0.801. The normalized spacial score (nSPS) is 18.2. The monoisotopic (exact) mass is 342 g/mol. The predicted octanol–water partition coefficient (Wildman–Crippen LogP) is 1.67. The van der Waals surface area contributed by atoms with Crippen molar-refractivity contribution in [3.8, 4) is 0 Å². The molecule has 0 bridgehead atoms. The van der Waals surface area contributed by atoms with Crippen LogP contribution in [0.15, 0.2) is 42.7 Å². The minimum Gasteiger partial charge on any atom is -0.375 e. The molecule has 0 radical (unpaired) electrons. The second-order valence-corrected chi connectivity index (χ2v) is 6.62. The molecule has 1 aromatic carbocycles. The Balaban J connectivity index is 1.50. The predicted molar refractivity (Wildman–Crippen MR) is 95.8 cm³/mol. The molecule has 25 heavy (non-hydrogen) atoms. The maximum absolute atomic E-state index is 12.5. The summed E-state index contributed by atoms with van der Waals surface area (Å²) in [4.78, 5) is 20.9. The van der Waals surface area contributed by atoms with Gasteiger partial charge in [-0.2, -0.15) is 0 Å². The third-order valence-electron chi connectivity index (χ3n) is 4.60. The van der Waals surface area contributed by atoms with Crippen molar-refractivity contribution in [2.45, 2.75) is 25.6 Å². The molecule has 0 saturated carbocycles. The van der Waals surface area contributed by atoms with E-state index in [-0.39, 0.29) is 12.0 Å². The fourth-order valence-electron chi connectivity index (χ4n) is 3.09. The molecule has 2 aromatic rings. The van der Waals surface area contributed by atoms with Crippen LogP contribution in [0.25, 0.3) is 0 Å². The zero-order chi connectivity index (χ0) is 17.6. The van der Waals surface area contributed by atoms with Gasteiger partial charge in [0.15, 0.2) is 0 Å². The molecule has 1 aromatic heterocycles. The second kappa shape index (κ2) is 8.27. The summed E-state index contributed by atoms with van der Waals surface area (Å²) in [5.41, 5.74) is 1.29. The van der Waals surface area contributed by atoms with Gasteiger partial charge in [-0.25, -0.2) is 4.98 Å². The largest absolute Gasteiger partial charge is 0.375 e. The van der Waals surface area contributed by atoms with Crippen LogP contribution in [0.3, 0.4) is 0 Å². The molecule has 0 unspecified atom stereocenters. The van der Waals surface area contributed by atoms with Crippen LogP contribution in [0.5, 0.6) is 0 Å². The first kappa shape index (κ1) is 17.6. The fraction of sp³-hybridized carbons (Fsp3) is 0.474. The van der Waals surface area contributed by atoms with Gasteiger partial charge in [0.25, 0.3) is 0 Å². The lowest BCUT2D eigenvalue weighted by molar-refractivity contribution is -0.135. The van der Waals surface area contributed by atoms with E-state index in [1.165, 1.54) is 5.56 Å². The Hall–Kier alpha value is -2.18. The molecule has 134 valence electrons. The molecule has 6 heteroatoms. The highest BCUT2D eigenvalue weighted by Gasteiger charge is 2.24. The molecular weight excluding hydrogens is 316 g/mol. The van der Waals surface area contributed by atoms with Crippen molar-refractivity contribution in [2.24, 2.45) is 7.05 Å². The molecule has 2 heterocycles. The number of aromatic nitrogens is 2. The van der Waals surface area contributed by atoms with Crippen LogP contribution in [0.1, 0.15) is 17.8 Å². The van der Waals surface area contributed by atoms with Crippen LogP contribution in [0.2, 0.25) is 0 Å². The molecular formula is C19H26N4O2. The highest BCUT2D eigenvalue weighted by Crippen LogP contribution is 2.14. The van der Waals surface area contributed by atoms with Gasteiger partial charge in [0.1, 0.15) is 5.82 Å². The lowest BCUT2D eigenvalue weighted by Crippen LogP contribution is -2.44. The summed E-state index contributed by atoms with van der Waals surface area (Å²) in [6.45, 7) is 3.79. The smallest absolute Gasteiger partial charge is 0.225 e. The molecule has 1 atom stereocenters. The fourth-order valence-corrected chi connectivity index (χ4v) is 3.09. The maximum atomic E-state index is 12.5. The van der Waals surface area contributed by atoms with E-state index in [2.05, 4.69) is 34.1 Å². The number of hydrogen-bond donors (Lipinski definition) is 0. The summed E-state index contributed by atoms with van der Waals surface area (Å²) < 4.78 is 7.75. The van der Waals surface area contributed by atoms with E-state index in [0.29, 0.717) is 19.6 Å². The van der Waals surface area contributed by atoms with E-state index in [9.17, 15) is 4.79 Å². The number of rotatable bonds is 6. The number of morpholine rings is 1. The highest BCUT2D eigenvalue weighted by molar-refractivity contribution is 5.76. The summed E-state index contributed by atoms with van der Waals surface area (Å²) in [7, 11) is 3.76. The summed E-state index contributed by atoms with van der Waals surface area (Å²) in [5, 5.41) is 0. The molecule has 6 nitrogen and oxygen atoms in total. The van der Waals surface area contributed by atoms with Gasteiger partial charge < -0.3 is 14.2 Å². The maximum Gasteiger partial charge on any atom is 0.225 e. The summed E-state index contributed by atoms with van der Waals surface area (Å²) in [6, 6.07) is 10.4. The Labute approximate surface area is 149 Å². The van der Waals surface area contributed by atoms with E-state index >= 15 is 0 Å². The van der Waals surface area contributed by atoms with Gasteiger partial charge in [-0.05, 0) is 5.56 Å². The minimum absolute atomic E-state index is 0.0474. The highest BCUT2D eigenvalue weighted by atomic mass is 16.5. The molecule has 1 amide bonds. The number of carbonyl (C=O) groups is 1. The van der Waals surface area contributed by atoms with Gasteiger partial charge in [-0.15, -0.1) is 0 Å². The number of aryl methyl sites for hydroxylation is 1. The van der Waals surface area contributed by atoms with Crippen LogP contribution in [0.4, 0.5) is 0 Å². The number of amides is 1. The molecule has 1 saturated heterocycles. The number of benzene rings is 1. The lowest BCUT2D eigenvalue weighted by Gasteiger charge is -2.33. The number of ether oxygens (including phenoxy) is 1. The Kier molecular flexibility index (Phi) is 5.83. The van der Waals surface area contributed by atoms with E-state index in [0.717, 1.165) is 25.5 Å². The third-order valence-corrected chi connectivity index (χ3v) is 4.60. The van der Waals surface area contributed by atoms with Crippen molar-refractivity contribution in [2.75, 3.05) is 26.7 Å². The van der Waals surface area contributed by atoms with Crippen LogP contribution in [0, 0.1) is 0 Å². The molecule has 1 fully saturated rings. The van der Waals surface area contributed by atoms with Crippen LogP contribution < -0.4 is 0 Å².